The van der Waals surface area contributed by atoms with Gasteiger partial charge in [-0.1, -0.05) is 18.1 Å². The van der Waals surface area contributed by atoms with Gasteiger partial charge < -0.3 is 10.3 Å². The van der Waals surface area contributed by atoms with Crippen molar-refractivity contribution in [3.8, 4) is 11.8 Å². The van der Waals surface area contributed by atoms with Gasteiger partial charge in [-0.3, -0.25) is 0 Å². The van der Waals surface area contributed by atoms with E-state index in [0.29, 0.717) is 6.42 Å². The average Bonchev–Trinajstić information content (AvgIpc) is 2.71. The van der Waals surface area contributed by atoms with Gasteiger partial charge in [-0.05, 0) is 31.5 Å². The second-order valence-corrected chi connectivity index (χ2v) is 4.35. The minimum atomic E-state index is 0.716. The van der Waals surface area contributed by atoms with Gasteiger partial charge in [-0.2, -0.15) is 0 Å². The smallest absolute Gasteiger partial charge is 0.121 e. The van der Waals surface area contributed by atoms with Crippen LogP contribution in [0.5, 0.6) is 0 Å². The molecular weight excluding hydrogens is 222 g/mol. The number of hydrogen-bond acceptors (Lipinski definition) is 2. The van der Waals surface area contributed by atoms with E-state index >= 15 is 0 Å². The number of fused-ring (bicyclic) bond motifs is 1. The normalized spacial score (nSPS) is 10.3. The van der Waals surface area contributed by atoms with E-state index < -0.39 is 0 Å². The summed E-state index contributed by atoms with van der Waals surface area (Å²) in [7, 11) is 2.04. The van der Waals surface area contributed by atoms with Crippen molar-refractivity contribution < 1.29 is 0 Å². The molecule has 2 rings (SSSR count). The summed E-state index contributed by atoms with van der Waals surface area (Å²) in [6.45, 7) is 0.756. The minimum absolute atomic E-state index is 0.716. The summed E-state index contributed by atoms with van der Waals surface area (Å²) in [4.78, 5) is 4.59. The molecule has 0 aliphatic heterocycles. The maximum atomic E-state index is 5.44. The molecule has 1 heterocycles. The van der Waals surface area contributed by atoms with Gasteiger partial charge in [-0.25, -0.2) is 4.98 Å². The molecule has 0 aliphatic carbocycles. The summed E-state index contributed by atoms with van der Waals surface area (Å²) < 4.78 is 2.11. The highest BCUT2D eigenvalue weighted by Crippen LogP contribution is 2.14. The van der Waals surface area contributed by atoms with Crippen LogP contribution in [-0.4, -0.2) is 16.1 Å². The number of benzene rings is 1. The molecule has 0 saturated heterocycles. The van der Waals surface area contributed by atoms with Gasteiger partial charge in [0.25, 0.3) is 0 Å². The zero-order valence-corrected chi connectivity index (χ0v) is 10.8. The lowest BCUT2D eigenvalue weighted by atomic mass is 10.2. The van der Waals surface area contributed by atoms with Crippen LogP contribution in [-0.2, 0) is 13.5 Å². The Balaban J connectivity index is 2.01. The molecule has 0 spiro atoms. The molecule has 3 nitrogen and oxygen atoms in total. The summed E-state index contributed by atoms with van der Waals surface area (Å²) in [6, 6.07) is 8.16. The third kappa shape index (κ3) is 2.91. The first-order chi connectivity index (χ1) is 8.83. The molecule has 0 unspecified atom stereocenters. The molecule has 0 saturated carbocycles. The maximum Gasteiger partial charge on any atom is 0.121 e. The molecule has 1 aromatic carbocycles. The van der Waals surface area contributed by atoms with Crippen molar-refractivity contribution in [2.45, 2.75) is 25.7 Å². The number of para-hydroxylation sites is 2. The summed E-state index contributed by atoms with van der Waals surface area (Å²) >= 11 is 0. The molecule has 0 atom stereocenters. The Labute approximate surface area is 108 Å². The highest BCUT2D eigenvalue weighted by molar-refractivity contribution is 5.75. The molecule has 0 radical (unpaired) electrons. The first-order valence-electron chi connectivity index (χ1n) is 6.39. The van der Waals surface area contributed by atoms with Crippen molar-refractivity contribution in [1.29, 1.82) is 0 Å². The van der Waals surface area contributed by atoms with Crippen LogP contribution < -0.4 is 5.73 Å². The van der Waals surface area contributed by atoms with Crippen LogP contribution in [0.3, 0.4) is 0 Å². The quantitative estimate of drug-likeness (QED) is 0.659. The summed E-state index contributed by atoms with van der Waals surface area (Å²) in [6.07, 6.45) is 3.79. The number of nitrogens with zero attached hydrogens (tertiary/aromatic N) is 2. The Hall–Kier alpha value is -1.79. The molecule has 0 bridgehead atoms. The molecule has 0 aliphatic rings. The molecule has 3 heteroatoms. The van der Waals surface area contributed by atoms with Crippen molar-refractivity contribution in [3.63, 3.8) is 0 Å². The van der Waals surface area contributed by atoms with Crippen molar-refractivity contribution in [1.82, 2.24) is 9.55 Å². The van der Waals surface area contributed by atoms with Crippen LogP contribution in [0.25, 0.3) is 11.0 Å². The van der Waals surface area contributed by atoms with Crippen molar-refractivity contribution in [2.75, 3.05) is 6.54 Å². The largest absolute Gasteiger partial charge is 0.330 e. The number of imidazole rings is 1. The number of unbranched alkanes of at least 4 members (excludes halogenated alkanes) is 2. The number of hydrogen-bond donors (Lipinski definition) is 1. The molecule has 2 aromatic rings. The molecule has 0 fully saturated rings. The predicted molar refractivity (Wildman–Crippen MR) is 75.1 cm³/mol. The van der Waals surface area contributed by atoms with Gasteiger partial charge in [0, 0.05) is 13.5 Å². The fraction of sp³-hybridized carbons (Fsp3) is 0.400. The number of nitrogens with two attached hydrogens (primary N) is 1. The van der Waals surface area contributed by atoms with Gasteiger partial charge in [0.1, 0.15) is 5.82 Å². The van der Waals surface area contributed by atoms with E-state index in [1.165, 1.54) is 0 Å². The van der Waals surface area contributed by atoms with E-state index in [9.17, 15) is 0 Å². The summed E-state index contributed by atoms with van der Waals surface area (Å²) in [5.74, 6) is 7.40. The number of aryl methyl sites for hydroxylation is 1. The SMILES string of the molecule is Cn1c(CC#CCCCCN)nc2ccccc21. The molecule has 1 aromatic heterocycles. The van der Waals surface area contributed by atoms with Crippen LogP contribution in [0.1, 0.15) is 25.1 Å². The van der Waals surface area contributed by atoms with Crippen molar-refractivity contribution >= 4 is 11.0 Å². The minimum Gasteiger partial charge on any atom is -0.330 e. The van der Waals surface area contributed by atoms with Gasteiger partial charge >= 0.3 is 0 Å². The third-order valence-corrected chi connectivity index (χ3v) is 3.01. The Kier molecular flexibility index (Phi) is 4.38. The average molecular weight is 241 g/mol. The Morgan fingerprint density at radius 1 is 1.22 bits per heavy atom. The first-order valence-corrected chi connectivity index (χ1v) is 6.39. The zero-order valence-electron chi connectivity index (χ0n) is 10.8. The molecular formula is C15H19N3. The van der Waals surface area contributed by atoms with E-state index in [1.807, 2.05) is 25.2 Å². The zero-order chi connectivity index (χ0) is 12.8. The van der Waals surface area contributed by atoms with Crippen LogP contribution in [0.2, 0.25) is 0 Å². The molecule has 18 heavy (non-hydrogen) atoms. The van der Waals surface area contributed by atoms with Gasteiger partial charge in [0.15, 0.2) is 0 Å². The van der Waals surface area contributed by atoms with Crippen LogP contribution in [0, 0.1) is 11.8 Å². The monoisotopic (exact) mass is 241 g/mol. The highest BCUT2D eigenvalue weighted by atomic mass is 15.1. The standard InChI is InChI=1S/C15H19N3/c1-18-14-10-7-6-9-13(14)17-15(18)11-5-3-2-4-8-12-16/h6-7,9-10H,2,4,8,11-12,16H2,1H3. The lowest BCUT2D eigenvalue weighted by molar-refractivity contribution is 0.767. The number of rotatable bonds is 4. The van der Waals surface area contributed by atoms with Crippen LogP contribution in [0.15, 0.2) is 24.3 Å². The summed E-state index contributed by atoms with van der Waals surface area (Å²) in [5, 5.41) is 0. The maximum absolute atomic E-state index is 5.44. The van der Waals surface area contributed by atoms with E-state index in [2.05, 4.69) is 27.5 Å². The van der Waals surface area contributed by atoms with Crippen LogP contribution in [0.4, 0.5) is 0 Å². The Morgan fingerprint density at radius 2 is 2.06 bits per heavy atom. The van der Waals surface area contributed by atoms with Gasteiger partial charge in [0.2, 0.25) is 0 Å². The van der Waals surface area contributed by atoms with Gasteiger partial charge in [0.05, 0.1) is 17.5 Å². The fourth-order valence-corrected chi connectivity index (χ4v) is 1.94. The van der Waals surface area contributed by atoms with E-state index in [0.717, 1.165) is 42.7 Å². The second kappa shape index (κ2) is 6.23. The van der Waals surface area contributed by atoms with Crippen molar-refractivity contribution in [3.05, 3.63) is 30.1 Å². The highest BCUT2D eigenvalue weighted by Gasteiger charge is 2.04. The number of aromatic nitrogens is 2. The third-order valence-electron chi connectivity index (χ3n) is 3.01. The Morgan fingerprint density at radius 3 is 2.83 bits per heavy atom. The first kappa shape index (κ1) is 12.7. The molecule has 0 amide bonds. The van der Waals surface area contributed by atoms with Crippen molar-refractivity contribution in [2.24, 2.45) is 12.8 Å². The van der Waals surface area contributed by atoms with E-state index in [4.69, 9.17) is 5.73 Å². The molecule has 2 N–H and O–H groups in total. The second-order valence-electron chi connectivity index (χ2n) is 4.35. The Bertz CT molecular complexity index is 572. The molecule has 94 valence electrons. The summed E-state index contributed by atoms with van der Waals surface area (Å²) in [5.41, 5.74) is 7.64. The fourth-order valence-electron chi connectivity index (χ4n) is 1.94. The van der Waals surface area contributed by atoms with E-state index in [1.54, 1.807) is 0 Å². The van der Waals surface area contributed by atoms with E-state index in [-0.39, 0.29) is 0 Å². The lowest BCUT2D eigenvalue weighted by Gasteiger charge is -1.97. The predicted octanol–water partition coefficient (Wildman–Crippen LogP) is 2.25. The topological polar surface area (TPSA) is 43.8 Å². The van der Waals surface area contributed by atoms with Crippen LogP contribution >= 0.6 is 0 Å². The van der Waals surface area contributed by atoms with Gasteiger partial charge in [-0.15, -0.1) is 5.92 Å². The lowest BCUT2D eigenvalue weighted by Crippen LogP contribution is -1.97.